The van der Waals surface area contributed by atoms with Crippen LogP contribution in [0.4, 0.5) is 11.4 Å². The standard InChI is InChI=1S/C17H17N3O3S/c1-11(12-3-8-16-13(9-12)10-17(21)18-16)19-20-14-4-6-15(7-5-14)24(2,22)23/h3-9,20H,10H2,1-2H3,(H,18,21). The van der Waals surface area contributed by atoms with Crippen molar-refractivity contribution in [2.24, 2.45) is 5.10 Å². The van der Waals surface area contributed by atoms with Crippen LogP contribution in [-0.4, -0.2) is 26.3 Å². The summed E-state index contributed by atoms with van der Waals surface area (Å²) in [5.74, 6) is 0.000771. The molecule has 0 unspecified atom stereocenters. The Labute approximate surface area is 140 Å². The van der Waals surface area contributed by atoms with Gasteiger partial charge in [0.05, 0.1) is 22.7 Å². The predicted molar refractivity (Wildman–Crippen MR) is 94.2 cm³/mol. The van der Waals surface area contributed by atoms with Crippen LogP contribution in [0.3, 0.4) is 0 Å². The van der Waals surface area contributed by atoms with E-state index in [9.17, 15) is 13.2 Å². The third-order valence-corrected chi connectivity index (χ3v) is 4.91. The molecule has 24 heavy (non-hydrogen) atoms. The van der Waals surface area contributed by atoms with Crippen molar-refractivity contribution in [3.05, 3.63) is 53.6 Å². The third-order valence-electron chi connectivity index (χ3n) is 3.78. The number of sulfone groups is 1. The van der Waals surface area contributed by atoms with E-state index >= 15 is 0 Å². The average Bonchev–Trinajstić information content (AvgIpc) is 2.91. The Kier molecular flexibility index (Phi) is 4.11. The first-order valence-electron chi connectivity index (χ1n) is 7.36. The molecule has 0 aromatic heterocycles. The van der Waals surface area contributed by atoms with Crippen molar-refractivity contribution in [2.45, 2.75) is 18.2 Å². The molecular weight excluding hydrogens is 326 g/mol. The Bertz CT molecular complexity index is 932. The molecule has 2 aromatic rings. The normalized spacial score (nSPS) is 14.2. The van der Waals surface area contributed by atoms with Gasteiger partial charge >= 0.3 is 0 Å². The van der Waals surface area contributed by atoms with Crippen molar-refractivity contribution in [2.75, 3.05) is 17.0 Å². The van der Waals surface area contributed by atoms with Gasteiger partial charge in [-0.25, -0.2) is 8.42 Å². The molecule has 1 amide bonds. The number of hydrogen-bond donors (Lipinski definition) is 2. The maximum absolute atomic E-state index is 11.4. The van der Waals surface area contributed by atoms with Crippen LogP contribution >= 0.6 is 0 Å². The fourth-order valence-corrected chi connectivity index (χ4v) is 3.07. The van der Waals surface area contributed by atoms with Crippen LogP contribution in [0, 0.1) is 0 Å². The van der Waals surface area contributed by atoms with E-state index in [0.29, 0.717) is 12.1 Å². The fraction of sp³-hybridized carbons (Fsp3) is 0.176. The lowest BCUT2D eigenvalue weighted by Gasteiger charge is -2.06. The molecule has 1 aliphatic rings. The smallest absolute Gasteiger partial charge is 0.228 e. The average molecular weight is 343 g/mol. The van der Waals surface area contributed by atoms with Crippen LogP contribution in [0.2, 0.25) is 0 Å². The molecule has 0 fully saturated rings. The van der Waals surface area contributed by atoms with Crippen molar-refractivity contribution in [1.29, 1.82) is 0 Å². The molecule has 0 aliphatic carbocycles. The van der Waals surface area contributed by atoms with Crippen molar-refractivity contribution in [3.8, 4) is 0 Å². The molecule has 0 bridgehead atoms. The van der Waals surface area contributed by atoms with Crippen molar-refractivity contribution in [1.82, 2.24) is 0 Å². The van der Waals surface area contributed by atoms with Crippen LogP contribution in [0.25, 0.3) is 0 Å². The van der Waals surface area contributed by atoms with Crippen LogP contribution in [-0.2, 0) is 21.1 Å². The van der Waals surface area contributed by atoms with Crippen molar-refractivity contribution in [3.63, 3.8) is 0 Å². The number of nitrogens with zero attached hydrogens (tertiary/aromatic N) is 1. The second-order valence-electron chi connectivity index (χ2n) is 5.70. The van der Waals surface area contributed by atoms with Gasteiger partial charge in [-0.2, -0.15) is 5.10 Å². The Hall–Kier alpha value is -2.67. The summed E-state index contributed by atoms with van der Waals surface area (Å²) in [6.07, 6.45) is 1.56. The molecule has 1 heterocycles. The summed E-state index contributed by atoms with van der Waals surface area (Å²) in [5.41, 5.74) is 7.10. The lowest BCUT2D eigenvalue weighted by atomic mass is 10.1. The van der Waals surface area contributed by atoms with Gasteiger partial charge in [-0.05, 0) is 54.4 Å². The number of carbonyl (C=O) groups excluding carboxylic acids is 1. The van der Waals surface area contributed by atoms with Gasteiger partial charge < -0.3 is 5.32 Å². The van der Waals surface area contributed by atoms with E-state index in [1.54, 1.807) is 12.1 Å². The maximum Gasteiger partial charge on any atom is 0.228 e. The van der Waals surface area contributed by atoms with Gasteiger partial charge in [0.15, 0.2) is 9.84 Å². The quantitative estimate of drug-likeness (QED) is 0.659. The highest BCUT2D eigenvalue weighted by Crippen LogP contribution is 2.24. The number of fused-ring (bicyclic) bond motifs is 1. The maximum atomic E-state index is 11.4. The van der Waals surface area contributed by atoms with Gasteiger partial charge in [-0.1, -0.05) is 6.07 Å². The molecule has 0 radical (unpaired) electrons. The van der Waals surface area contributed by atoms with Gasteiger partial charge in [0.1, 0.15) is 0 Å². The number of hydrogen-bond acceptors (Lipinski definition) is 5. The van der Waals surface area contributed by atoms with Crippen molar-refractivity contribution < 1.29 is 13.2 Å². The van der Waals surface area contributed by atoms with Gasteiger partial charge in [-0.15, -0.1) is 0 Å². The molecular formula is C17H17N3O3S. The van der Waals surface area contributed by atoms with E-state index in [2.05, 4.69) is 15.8 Å². The van der Waals surface area contributed by atoms with E-state index < -0.39 is 9.84 Å². The monoisotopic (exact) mass is 343 g/mol. The molecule has 3 rings (SSSR count). The lowest BCUT2D eigenvalue weighted by molar-refractivity contribution is -0.115. The highest BCUT2D eigenvalue weighted by atomic mass is 32.2. The molecule has 1 aliphatic heterocycles. The Balaban J connectivity index is 1.75. The molecule has 0 spiro atoms. The summed E-state index contributed by atoms with van der Waals surface area (Å²) >= 11 is 0. The number of benzene rings is 2. The van der Waals surface area contributed by atoms with Crippen LogP contribution in [0.15, 0.2) is 52.5 Å². The first-order valence-corrected chi connectivity index (χ1v) is 9.25. The van der Waals surface area contributed by atoms with Gasteiger partial charge in [-0.3, -0.25) is 10.2 Å². The molecule has 0 saturated carbocycles. The summed E-state index contributed by atoms with van der Waals surface area (Å²) < 4.78 is 22.9. The first kappa shape index (κ1) is 16.2. The molecule has 7 heteroatoms. The number of rotatable bonds is 4. The Morgan fingerprint density at radius 3 is 2.54 bits per heavy atom. The molecule has 2 N–H and O–H groups in total. The topological polar surface area (TPSA) is 87.6 Å². The second kappa shape index (κ2) is 6.09. The van der Waals surface area contributed by atoms with Crippen LogP contribution in [0.5, 0.6) is 0 Å². The Morgan fingerprint density at radius 2 is 1.88 bits per heavy atom. The summed E-state index contributed by atoms with van der Waals surface area (Å²) in [6.45, 7) is 1.86. The second-order valence-corrected chi connectivity index (χ2v) is 7.72. The van der Waals surface area contributed by atoms with Crippen molar-refractivity contribution >= 4 is 32.8 Å². The van der Waals surface area contributed by atoms with E-state index in [0.717, 1.165) is 22.5 Å². The number of amides is 1. The van der Waals surface area contributed by atoms with E-state index in [-0.39, 0.29) is 10.8 Å². The molecule has 0 saturated heterocycles. The molecule has 6 nitrogen and oxygen atoms in total. The number of anilines is 2. The molecule has 124 valence electrons. The van der Waals surface area contributed by atoms with Crippen LogP contribution in [0.1, 0.15) is 18.1 Å². The minimum atomic E-state index is -3.20. The summed E-state index contributed by atoms with van der Waals surface area (Å²) in [6, 6.07) is 12.1. The first-order chi connectivity index (χ1) is 11.3. The Morgan fingerprint density at radius 1 is 1.17 bits per heavy atom. The summed E-state index contributed by atoms with van der Waals surface area (Å²) in [5, 5.41) is 7.11. The molecule has 0 atom stereocenters. The molecule has 2 aromatic carbocycles. The third kappa shape index (κ3) is 3.46. The lowest BCUT2D eigenvalue weighted by Crippen LogP contribution is -2.03. The van der Waals surface area contributed by atoms with E-state index in [4.69, 9.17) is 0 Å². The van der Waals surface area contributed by atoms with Gasteiger partial charge in [0.25, 0.3) is 0 Å². The highest BCUT2D eigenvalue weighted by Gasteiger charge is 2.17. The summed E-state index contributed by atoms with van der Waals surface area (Å²) in [7, 11) is -3.20. The predicted octanol–water partition coefficient (Wildman–Crippen LogP) is 2.42. The zero-order valence-corrected chi connectivity index (χ0v) is 14.1. The zero-order chi connectivity index (χ0) is 17.3. The van der Waals surface area contributed by atoms with E-state index in [1.807, 2.05) is 25.1 Å². The van der Waals surface area contributed by atoms with Crippen LogP contribution < -0.4 is 10.7 Å². The highest BCUT2D eigenvalue weighted by molar-refractivity contribution is 7.90. The minimum Gasteiger partial charge on any atom is -0.326 e. The van der Waals surface area contributed by atoms with Gasteiger partial charge in [0, 0.05) is 11.9 Å². The number of carbonyl (C=O) groups is 1. The zero-order valence-electron chi connectivity index (χ0n) is 13.3. The van der Waals surface area contributed by atoms with E-state index in [1.165, 1.54) is 18.4 Å². The fourth-order valence-electron chi connectivity index (χ4n) is 2.44. The minimum absolute atomic E-state index is 0.000771. The SMILES string of the molecule is CC(=NNc1ccc(S(C)(=O)=O)cc1)c1ccc2c(c1)CC(=O)N2. The number of hydrazone groups is 1. The number of nitrogens with one attached hydrogen (secondary N) is 2. The summed E-state index contributed by atoms with van der Waals surface area (Å²) in [4.78, 5) is 11.7. The largest absolute Gasteiger partial charge is 0.326 e. The van der Waals surface area contributed by atoms with Gasteiger partial charge in [0.2, 0.25) is 5.91 Å².